The molecule has 0 amide bonds. The van der Waals surface area contributed by atoms with Gasteiger partial charge < -0.3 is 18.3 Å². The zero-order valence-electron chi connectivity index (χ0n) is 76.5. The number of fused-ring (bicyclic) bond motifs is 29. The minimum atomic E-state index is 0.692. The van der Waals surface area contributed by atoms with Gasteiger partial charge in [-0.15, -0.1) is 0 Å². The van der Waals surface area contributed by atoms with Crippen molar-refractivity contribution in [2.75, 3.05) is 0 Å². The number of pyridine rings is 2. The van der Waals surface area contributed by atoms with Crippen LogP contribution in [-0.4, -0.2) is 47.3 Å². The van der Waals surface area contributed by atoms with Gasteiger partial charge in [0.1, 0.15) is 5.82 Å². The van der Waals surface area contributed by atoms with Gasteiger partial charge in [-0.2, -0.15) is 0 Å². The summed E-state index contributed by atoms with van der Waals surface area (Å²) in [6.45, 7) is 0. The van der Waals surface area contributed by atoms with Gasteiger partial charge in [0.05, 0.1) is 94.1 Å². The monoisotopic (exact) mass is 1800 g/mol. The third-order valence-corrected chi connectivity index (χ3v) is 30.3. The van der Waals surface area contributed by atoms with Gasteiger partial charge in [0.2, 0.25) is 5.95 Å². The van der Waals surface area contributed by atoms with Crippen molar-refractivity contribution in [2.24, 2.45) is 0 Å². The van der Waals surface area contributed by atoms with E-state index in [-0.39, 0.29) is 0 Å². The Hall–Kier alpha value is -19.2. The van der Waals surface area contributed by atoms with E-state index in [4.69, 9.17) is 19.9 Å². The van der Waals surface area contributed by atoms with Crippen molar-refractivity contribution < 1.29 is 0 Å². The van der Waals surface area contributed by atoms with Crippen LogP contribution in [0.5, 0.6) is 0 Å². The molecule has 656 valence electrons. The average Bonchev–Trinajstić information content (AvgIpc) is 1.57. The summed E-state index contributed by atoms with van der Waals surface area (Å²) in [6.07, 6.45) is 0. The van der Waals surface area contributed by atoms with E-state index in [1.807, 2.05) is 0 Å². The van der Waals surface area contributed by atoms with Crippen molar-refractivity contribution in [3.63, 3.8) is 0 Å². The number of benzene rings is 21. The van der Waals surface area contributed by atoms with E-state index in [1.54, 1.807) is 0 Å². The summed E-state index contributed by atoms with van der Waals surface area (Å²) >= 11 is 0. The molecule has 0 saturated carbocycles. The lowest BCUT2D eigenvalue weighted by Crippen LogP contribution is -2.02. The summed E-state index contributed by atoms with van der Waals surface area (Å²) in [5.41, 5.74) is 41.1. The first-order chi connectivity index (χ1) is 70.5. The van der Waals surface area contributed by atoms with Gasteiger partial charge in [-0.3, -0.25) is 9.13 Å². The van der Waals surface area contributed by atoms with Crippen LogP contribution in [0.2, 0.25) is 0 Å². The molecular formula is C132H78N10. The van der Waals surface area contributed by atoms with Crippen LogP contribution in [0.15, 0.2) is 473 Å². The van der Waals surface area contributed by atoms with Gasteiger partial charge >= 0.3 is 0 Å². The van der Waals surface area contributed by atoms with Crippen LogP contribution < -0.4 is 0 Å². The number of para-hydroxylation sites is 8. The zero-order chi connectivity index (χ0) is 92.6. The van der Waals surface area contributed by atoms with Crippen LogP contribution in [0.4, 0.5) is 0 Å². The quantitative estimate of drug-likeness (QED) is 0.152. The highest BCUT2D eigenvalue weighted by Crippen LogP contribution is 2.53. The number of hydrogen-bond donors (Lipinski definition) is 0. The second kappa shape index (κ2) is 30.2. The van der Waals surface area contributed by atoms with E-state index in [2.05, 4.69) is 501 Å². The number of aromatic nitrogens is 10. The van der Waals surface area contributed by atoms with E-state index in [1.165, 1.54) is 197 Å². The molecule has 142 heavy (non-hydrogen) atoms. The Morgan fingerprint density at radius 3 is 1.04 bits per heavy atom. The second-order valence-electron chi connectivity index (χ2n) is 37.8. The van der Waals surface area contributed by atoms with Crippen molar-refractivity contribution in [2.45, 2.75) is 0 Å². The molecule has 10 heteroatoms. The first-order valence-electron chi connectivity index (χ1n) is 48.6. The maximum Gasteiger partial charge on any atom is 0.235 e. The summed E-state index contributed by atoms with van der Waals surface area (Å²) in [5, 5.41) is 20.9. The predicted molar refractivity (Wildman–Crippen MR) is 591 cm³/mol. The van der Waals surface area contributed by atoms with Crippen LogP contribution in [0.3, 0.4) is 0 Å². The molecule has 0 fully saturated rings. The fraction of sp³-hybridized carbons (Fsp3) is 0. The maximum absolute atomic E-state index is 5.30. The van der Waals surface area contributed by atoms with E-state index in [0.29, 0.717) is 5.95 Å². The molecule has 30 aromatic rings. The second-order valence-corrected chi connectivity index (χ2v) is 37.8. The standard InChI is InChI=1S/C48H28N4.C45H27N3.C39H23N3/c1-2-12-32(13-3-1)51-43-25-22-31(28-40(43)38-24-21-29-11-4-5-14-33(29)47(38)51)30-23-26-44-39(27-30)35-16-8-9-20-42(35)52(44)48-49-41-19-10-18-36-34-15-6-7-17-37(34)46(50-48)45(36)41;1-2-11-29(12-3-1)47-43-23-21-28(40-27-38-32-14-5-4-13-31(32)35-17-10-18-39(46-40)45(35)38)25-36(43)37-26-30(22-24-44(37)47)48-41-19-8-6-15-33(41)34-16-7-9-20-42(34)48;1-2-11-26-25(10-1)30-15-9-16-33-39(30)32(26)23-38(40-33)42-36-19-8-5-14-29(36)31-22-24(20-21-37(31)42)41-34-17-6-3-12-27(34)28-13-4-7-18-35(28)41/h1-28H;1-27H;1-23H. The summed E-state index contributed by atoms with van der Waals surface area (Å²) in [6, 6.07) is 171. The Morgan fingerprint density at radius 2 is 0.493 bits per heavy atom. The Kier molecular flexibility index (Phi) is 16.6. The molecule has 21 aromatic carbocycles. The van der Waals surface area contributed by atoms with Gasteiger partial charge in [0.25, 0.3) is 0 Å². The Balaban J connectivity index is 0.0000000982. The molecule has 0 spiro atoms. The molecule has 0 radical (unpaired) electrons. The average molecular weight is 1800 g/mol. The van der Waals surface area contributed by atoms with Crippen LogP contribution in [-0.2, 0) is 0 Å². The van der Waals surface area contributed by atoms with Crippen LogP contribution in [0.25, 0.3) is 298 Å². The number of nitrogens with zero attached hydrogens (tertiary/aromatic N) is 10. The number of rotatable bonds is 8. The smallest absolute Gasteiger partial charge is 0.235 e. The topological polar surface area (TPSA) is 81.1 Å². The molecule has 9 heterocycles. The van der Waals surface area contributed by atoms with E-state index < -0.39 is 0 Å². The minimum Gasteiger partial charge on any atom is -0.309 e. The minimum absolute atomic E-state index is 0.692. The number of hydrogen-bond acceptors (Lipinski definition) is 4. The van der Waals surface area contributed by atoms with Gasteiger partial charge in [-0.25, -0.2) is 19.9 Å². The molecule has 3 aliphatic rings. The molecule has 0 unspecified atom stereocenters. The highest BCUT2D eigenvalue weighted by Gasteiger charge is 2.31. The lowest BCUT2D eigenvalue weighted by Gasteiger charge is -2.12. The van der Waals surface area contributed by atoms with Gasteiger partial charge in [0, 0.05) is 120 Å². The fourth-order valence-electron chi connectivity index (χ4n) is 24.3. The molecule has 0 bridgehead atoms. The van der Waals surface area contributed by atoms with Crippen molar-refractivity contribution >= 4 is 174 Å². The molecule has 9 aromatic heterocycles. The molecule has 0 aliphatic heterocycles. The van der Waals surface area contributed by atoms with E-state index >= 15 is 0 Å². The van der Waals surface area contributed by atoms with E-state index in [0.717, 1.165) is 95.1 Å². The molecular weight excluding hydrogens is 1730 g/mol. The third-order valence-electron chi connectivity index (χ3n) is 30.3. The SMILES string of the molecule is c1ccc(-n2c3ccc(-c4cc5c6c(cccc6n4)-c4ccccc4-5)cc3c3cc(-n4c5ccccc5c5ccccc54)ccc32)cc1.c1ccc(-n2c3ccc(-c4ccc5c(c4)c4ccccc4n5-c4nc5c6c(cccc6n4)-c4ccccc4-5)cc3c3ccc4ccccc4c32)cc1.c1ccc2c(c1)-c1cccc3nc(-n4c5ccccc5c5cc(-n6c7ccccc7c7ccccc76)ccc54)cc-2c13. The Morgan fingerprint density at radius 1 is 0.155 bits per heavy atom. The summed E-state index contributed by atoms with van der Waals surface area (Å²) in [7, 11) is 0. The van der Waals surface area contributed by atoms with Gasteiger partial charge in [-0.05, 0) is 236 Å². The van der Waals surface area contributed by atoms with Crippen molar-refractivity contribution in [1.82, 2.24) is 47.3 Å². The summed E-state index contributed by atoms with van der Waals surface area (Å²) in [5.74, 6) is 1.64. The highest BCUT2D eigenvalue weighted by molar-refractivity contribution is 6.23. The predicted octanol–water partition coefficient (Wildman–Crippen LogP) is 34.1. The van der Waals surface area contributed by atoms with E-state index in [9.17, 15) is 0 Å². The molecule has 0 N–H and O–H groups in total. The normalized spacial score (nSPS) is 12.2. The highest BCUT2D eigenvalue weighted by atomic mass is 15.2. The molecule has 3 aliphatic carbocycles. The first kappa shape index (κ1) is 78.1. The Bertz CT molecular complexity index is 10600. The molecule has 33 rings (SSSR count). The van der Waals surface area contributed by atoms with Gasteiger partial charge in [0.15, 0.2) is 0 Å². The summed E-state index contributed by atoms with van der Waals surface area (Å²) < 4.78 is 14.2. The van der Waals surface area contributed by atoms with Crippen LogP contribution in [0.1, 0.15) is 0 Å². The largest absolute Gasteiger partial charge is 0.309 e. The lowest BCUT2D eigenvalue weighted by atomic mass is 10.00. The molecule has 0 atom stereocenters. The molecule has 10 nitrogen and oxygen atoms in total. The van der Waals surface area contributed by atoms with Crippen molar-refractivity contribution in [3.8, 4) is 124 Å². The van der Waals surface area contributed by atoms with Crippen LogP contribution in [0, 0.1) is 0 Å². The van der Waals surface area contributed by atoms with Crippen LogP contribution >= 0.6 is 0 Å². The fourth-order valence-corrected chi connectivity index (χ4v) is 24.3. The van der Waals surface area contributed by atoms with Crippen molar-refractivity contribution in [3.05, 3.63) is 473 Å². The Labute approximate surface area is 812 Å². The summed E-state index contributed by atoms with van der Waals surface area (Å²) in [4.78, 5) is 21.0. The van der Waals surface area contributed by atoms with Gasteiger partial charge in [-0.1, -0.05) is 309 Å². The van der Waals surface area contributed by atoms with Crippen molar-refractivity contribution in [1.29, 1.82) is 0 Å². The molecule has 0 saturated heterocycles. The lowest BCUT2D eigenvalue weighted by molar-refractivity contribution is 1.02. The zero-order valence-corrected chi connectivity index (χ0v) is 76.5. The first-order valence-corrected chi connectivity index (χ1v) is 48.6. The maximum atomic E-state index is 5.30. The third kappa shape index (κ3) is 11.4.